The third-order valence-electron chi connectivity index (χ3n) is 9.02. The first-order chi connectivity index (χ1) is 19.6. The summed E-state index contributed by atoms with van der Waals surface area (Å²) in [6, 6.07) is 35.9. The van der Waals surface area contributed by atoms with Crippen LogP contribution in [0.15, 0.2) is 97.1 Å². The molecule has 0 bridgehead atoms. The van der Waals surface area contributed by atoms with Gasteiger partial charge in [0.25, 0.3) is 0 Å². The highest BCUT2D eigenvalue weighted by atomic mass is 16.5. The summed E-state index contributed by atoms with van der Waals surface area (Å²) < 4.78 is 12.7. The SMILES string of the molecule is CC(C)(O)C(C)(C)O[B]c1ccc2c(c1)Oc1cc(C#N)ccc1C21c2ccccc2-c2cc3ccccc3cc21. The van der Waals surface area contributed by atoms with Gasteiger partial charge in [-0.1, -0.05) is 66.7 Å². The summed E-state index contributed by atoms with van der Waals surface area (Å²) in [6.07, 6.45) is 0. The second kappa shape index (κ2) is 8.82. The highest BCUT2D eigenvalue weighted by molar-refractivity contribution is 6.47. The van der Waals surface area contributed by atoms with Crippen molar-refractivity contribution in [1.29, 1.82) is 5.26 Å². The predicted molar refractivity (Wildman–Crippen MR) is 163 cm³/mol. The van der Waals surface area contributed by atoms with Gasteiger partial charge in [-0.25, -0.2) is 0 Å². The fourth-order valence-electron chi connectivity index (χ4n) is 6.16. The molecule has 5 aromatic carbocycles. The number of ether oxygens (including phenoxy) is 1. The Kier molecular flexibility index (Phi) is 5.50. The first-order valence-corrected chi connectivity index (χ1v) is 13.9. The standard InChI is InChI=1S/C36H29BNO3/c1-34(2,39)35(3,4)41-37-25-14-16-30-33(20-25)40-32-17-22(21-38)13-15-29(32)36(30)28-12-8-7-11-26(28)27-18-23-9-5-6-10-24(23)19-31(27)36/h5-20,39H,1-4H3. The lowest BCUT2D eigenvalue weighted by Gasteiger charge is -2.40. The molecule has 1 N–H and O–H groups in total. The molecule has 5 aromatic rings. The van der Waals surface area contributed by atoms with Crippen LogP contribution in [-0.4, -0.2) is 23.8 Å². The molecule has 2 aliphatic rings. The molecule has 0 amide bonds. The van der Waals surface area contributed by atoms with Gasteiger partial charge < -0.3 is 14.5 Å². The molecule has 1 unspecified atom stereocenters. The second-order valence-electron chi connectivity index (χ2n) is 12.0. The van der Waals surface area contributed by atoms with Crippen LogP contribution >= 0.6 is 0 Å². The third kappa shape index (κ3) is 3.68. The van der Waals surface area contributed by atoms with Crippen molar-refractivity contribution in [2.24, 2.45) is 0 Å². The van der Waals surface area contributed by atoms with E-state index >= 15 is 0 Å². The summed E-state index contributed by atoms with van der Waals surface area (Å²) in [5, 5.41) is 22.7. The Morgan fingerprint density at radius 1 is 0.732 bits per heavy atom. The van der Waals surface area contributed by atoms with Crippen LogP contribution in [0.2, 0.25) is 0 Å². The number of hydrogen-bond donors (Lipinski definition) is 1. The van der Waals surface area contributed by atoms with Gasteiger partial charge in [0.1, 0.15) is 11.5 Å². The quantitative estimate of drug-likeness (QED) is 0.247. The van der Waals surface area contributed by atoms with Crippen molar-refractivity contribution in [2.45, 2.75) is 44.3 Å². The molecule has 0 aromatic heterocycles. The van der Waals surface area contributed by atoms with Gasteiger partial charge in [0, 0.05) is 11.1 Å². The molecule has 1 atom stereocenters. The van der Waals surface area contributed by atoms with Crippen molar-refractivity contribution in [3.05, 3.63) is 125 Å². The minimum absolute atomic E-state index is 0.547. The zero-order chi connectivity index (χ0) is 28.6. The van der Waals surface area contributed by atoms with E-state index in [0.717, 1.165) is 16.6 Å². The van der Waals surface area contributed by atoms with Crippen molar-refractivity contribution in [2.75, 3.05) is 0 Å². The molecule has 1 aliphatic heterocycles. The third-order valence-corrected chi connectivity index (χ3v) is 9.02. The van der Waals surface area contributed by atoms with E-state index in [0.29, 0.717) is 17.1 Å². The van der Waals surface area contributed by atoms with Crippen LogP contribution < -0.4 is 10.2 Å². The van der Waals surface area contributed by atoms with Crippen molar-refractivity contribution >= 4 is 23.7 Å². The Balaban J connectivity index is 1.49. The average molecular weight is 534 g/mol. The normalized spacial score (nSPS) is 16.8. The molecule has 41 heavy (non-hydrogen) atoms. The lowest BCUT2D eigenvalue weighted by molar-refractivity contribution is -0.0893. The first-order valence-electron chi connectivity index (χ1n) is 13.9. The van der Waals surface area contributed by atoms with Crippen LogP contribution in [0.1, 0.15) is 55.5 Å². The number of benzene rings is 5. The van der Waals surface area contributed by atoms with E-state index in [2.05, 4.69) is 72.8 Å². The minimum Gasteiger partial charge on any atom is -0.457 e. The van der Waals surface area contributed by atoms with Gasteiger partial charge in [0.15, 0.2) is 0 Å². The zero-order valence-corrected chi connectivity index (χ0v) is 23.5. The Morgan fingerprint density at radius 3 is 2.12 bits per heavy atom. The van der Waals surface area contributed by atoms with E-state index < -0.39 is 16.6 Å². The largest absolute Gasteiger partial charge is 0.457 e. The van der Waals surface area contributed by atoms with E-state index in [4.69, 9.17) is 9.39 Å². The van der Waals surface area contributed by atoms with Gasteiger partial charge in [0.05, 0.1) is 28.2 Å². The number of hydrogen-bond acceptors (Lipinski definition) is 4. The Labute approximate surface area is 241 Å². The Bertz CT molecular complexity index is 1910. The van der Waals surface area contributed by atoms with Gasteiger partial charge in [-0.3, -0.25) is 0 Å². The molecule has 1 aliphatic carbocycles. The number of rotatable bonds is 4. The average Bonchev–Trinajstić information content (AvgIpc) is 3.24. The molecule has 1 heterocycles. The number of aliphatic hydroxyl groups is 1. The summed E-state index contributed by atoms with van der Waals surface area (Å²) in [6.45, 7) is 7.21. The summed E-state index contributed by atoms with van der Waals surface area (Å²) in [5.41, 5.74) is 5.74. The van der Waals surface area contributed by atoms with Crippen molar-refractivity contribution in [3.63, 3.8) is 0 Å². The van der Waals surface area contributed by atoms with Crippen molar-refractivity contribution < 1.29 is 14.5 Å². The molecule has 199 valence electrons. The molecular formula is C36H29BNO3. The lowest BCUT2D eigenvalue weighted by atomic mass is 9.65. The monoisotopic (exact) mass is 534 g/mol. The number of nitrogens with zero attached hydrogens (tertiary/aromatic N) is 1. The Morgan fingerprint density at radius 2 is 1.39 bits per heavy atom. The van der Waals surface area contributed by atoms with Crippen LogP contribution in [0.4, 0.5) is 0 Å². The van der Waals surface area contributed by atoms with Crippen LogP contribution in [0.5, 0.6) is 11.5 Å². The van der Waals surface area contributed by atoms with Gasteiger partial charge in [-0.05, 0) is 96.5 Å². The highest BCUT2D eigenvalue weighted by Crippen LogP contribution is 2.62. The van der Waals surface area contributed by atoms with Crippen LogP contribution in [0.25, 0.3) is 21.9 Å². The summed E-state index contributed by atoms with van der Waals surface area (Å²) in [4.78, 5) is 0. The highest BCUT2D eigenvalue weighted by Gasteiger charge is 2.51. The van der Waals surface area contributed by atoms with Crippen molar-refractivity contribution in [1.82, 2.24) is 0 Å². The topological polar surface area (TPSA) is 62.5 Å². The fraction of sp³-hybridized carbons (Fsp3) is 0.194. The molecule has 5 heteroatoms. The van der Waals surface area contributed by atoms with E-state index in [1.165, 1.54) is 33.0 Å². The maximum atomic E-state index is 10.6. The molecule has 0 saturated heterocycles. The smallest absolute Gasteiger partial charge is 0.331 e. The maximum Gasteiger partial charge on any atom is 0.331 e. The van der Waals surface area contributed by atoms with Crippen LogP contribution in [-0.2, 0) is 10.1 Å². The van der Waals surface area contributed by atoms with E-state index in [1.54, 1.807) is 21.3 Å². The molecular weight excluding hydrogens is 505 g/mol. The lowest BCUT2D eigenvalue weighted by Crippen LogP contribution is -2.49. The zero-order valence-electron chi connectivity index (χ0n) is 23.5. The summed E-state index contributed by atoms with van der Waals surface area (Å²) in [7, 11) is 1.68. The summed E-state index contributed by atoms with van der Waals surface area (Å²) in [5.74, 6) is 1.38. The number of nitriles is 1. The van der Waals surface area contributed by atoms with Crippen molar-refractivity contribution in [3.8, 4) is 28.7 Å². The van der Waals surface area contributed by atoms with E-state index in [1.807, 2.05) is 44.2 Å². The van der Waals surface area contributed by atoms with Gasteiger partial charge in [-0.2, -0.15) is 5.26 Å². The molecule has 1 radical (unpaired) electrons. The second-order valence-corrected chi connectivity index (χ2v) is 12.0. The fourth-order valence-corrected chi connectivity index (χ4v) is 6.16. The molecule has 0 fully saturated rings. The van der Waals surface area contributed by atoms with Gasteiger partial charge in [-0.15, -0.1) is 0 Å². The summed E-state index contributed by atoms with van der Waals surface area (Å²) >= 11 is 0. The van der Waals surface area contributed by atoms with Crippen LogP contribution in [0, 0.1) is 11.3 Å². The molecule has 0 saturated carbocycles. The van der Waals surface area contributed by atoms with Gasteiger partial charge >= 0.3 is 7.48 Å². The van der Waals surface area contributed by atoms with Crippen LogP contribution in [0.3, 0.4) is 0 Å². The Hall–Kier alpha value is -4.37. The molecule has 4 nitrogen and oxygen atoms in total. The maximum absolute atomic E-state index is 10.6. The van der Waals surface area contributed by atoms with E-state index in [9.17, 15) is 10.4 Å². The van der Waals surface area contributed by atoms with Gasteiger partial charge in [0.2, 0.25) is 0 Å². The predicted octanol–water partition coefficient (Wildman–Crippen LogP) is 6.99. The molecule has 1 spiro atoms. The molecule has 7 rings (SSSR count). The first kappa shape index (κ1) is 25.6. The van der Waals surface area contributed by atoms with E-state index in [-0.39, 0.29) is 0 Å². The minimum atomic E-state index is -1.04. The number of fused-ring (bicyclic) bond motifs is 10.